The molecule has 0 spiro atoms. The molecule has 0 atom stereocenters. The van der Waals surface area contributed by atoms with Gasteiger partial charge in [-0.05, 0) is 7.05 Å². The Morgan fingerprint density at radius 1 is 1.78 bits per heavy atom. The summed E-state index contributed by atoms with van der Waals surface area (Å²) in [6.45, 7) is 0.726. The summed E-state index contributed by atoms with van der Waals surface area (Å²) < 4.78 is 0. The van der Waals surface area contributed by atoms with Gasteiger partial charge < -0.3 is 4.98 Å². The average Bonchev–Trinajstić information content (AvgIpc) is 2.34. The van der Waals surface area contributed by atoms with Gasteiger partial charge in [0.15, 0.2) is 0 Å². The highest BCUT2D eigenvalue weighted by Crippen LogP contribution is 1.83. The molecule has 0 aliphatic heterocycles. The number of hydrazine groups is 1. The summed E-state index contributed by atoms with van der Waals surface area (Å²) >= 11 is 0. The molecule has 1 rings (SSSR count). The van der Waals surface area contributed by atoms with Gasteiger partial charge in [-0.3, -0.25) is 10.9 Å². The first-order chi connectivity index (χ1) is 4.43. The van der Waals surface area contributed by atoms with E-state index in [1.165, 1.54) is 0 Å². The van der Waals surface area contributed by atoms with Crippen molar-refractivity contribution in [1.29, 1.82) is 0 Å². The summed E-state index contributed by atoms with van der Waals surface area (Å²) in [4.78, 5) is 6.95. The number of H-pyrrole nitrogens is 1. The molecule has 0 unspecified atom stereocenters. The lowest BCUT2D eigenvalue weighted by Crippen LogP contribution is -2.27. The molecule has 0 fully saturated rings. The molecule has 9 heavy (non-hydrogen) atoms. The van der Waals surface area contributed by atoms with Crippen LogP contribution in [0.15, 0.2) is 12.4 Å². The lowest BCUT2D eigenvalue weighted by molar-refractivity contribution is 0.581. The van der Waals surface area contributed by atoms with E-state index in [1.807, 2.05) is 7.05 Å². The SMILES string of the molecule is CNNCc1ncc[nH]1. The molecule has 4 nitrogen and oxygen atoms in total. The number of nitrogens with one attached hydrogen (secondary N) is 3. The van der Waals surface area contributed by atoms with Gasteiger partial charge in [0, 0.05) is 12.4 Å². The molecular weight excluding hydrogens is 116 g/mol. The van der Waals surface area contributed by atoms with E-state index >= 15 is 0 Å². The molecule has 50 valence electrons. The third-order valence-electron chi connectivity index (χ3n) is 0.987. The van der Waals surface area contributed by atoms with Gasteiger partial charge in [-0.15, -0.1) is 0 Å². The van der Waals surface area contributed by atoms with Crippen molar-refractivity contribution in [1.82, 2.24) is 20.8 Å². The van der Waals surface area contributed by atoms with Crippen LogP contribution in [0.1, 0.15) is 5.82 Å². The molecular formula is C5H10N4. The van der Waals surface area contributed by atoms with Crippen LogP contribution >= 0.6 is 0 Å². The fourth-order valence-corrected chi connectivity index (χ4v) is 0.567. The maximum atomic E-state index is 4.00. The monoisotopic (exact) mass is 126 g/mol. The van der Waals surface area contributed by atoms with E-state index in [9.17, 15) is 0 Å². The minimum absolute atomic E-state index is 0.726. The molecule has 4 heteroatoms. The van der Waals surface area contributed by atoms with Crippen LogP contribution in [0.4, 0.5) is 0 Å². The highest BCUT2D eigenvalue weighted by molar-refractivity contribution is 4.85. The van der Waals surface area contributed by atoms with Crippen molar-refractivity contribution >= 4 is 0 Å². The normalized spacial score (nSPS) is 9.89. The Balaban J connectivity index is 2.30. The molecule has 1 aromatic heterocycles. The van der Waals surface area contributed by atoms with Crippen molar-refractivity contribution in [3.8, 4) is 0 Å². The van der Waals surface area contributed by atoms with E-state index in [4.69, 9.17) is 0 Å². The second kappa shape index (κ2) is 3.21. The van der Waals surface area contributed by atoms with Crippen LogP contribution < -0.4 is 10.9 Å². The van der Waals surface area contributed by atoms with E-state index in [0.717, 1.165) is 12.4 Å². The van der Waals surface area contributed by atoms with Gasteiger partial charge in [-0.2, -0.15) is 0 Å². The Hall–Kier alpha value is -0.870. The van der Waals surface area contributed by atoms with Crippen LogP contribution in [0.3, 0.4) is 0 Å². The smallest absolute Gasteiger partial charge is 0.121 e. The predicted octanol–water partition coefficient (Wildman–Crippen LogP) is -0.366. The maximum Gasteiger partial charge on any atom is 0.121 e. The zero-order valence-corrected chi connectivity index (χ0v) is 5.31. The van der Waals surface area contributed by atoms with Crippen molar-refractivity contribution in [2.75, 3.05) is 7.05 Å². The van der Waals surface area contributed by atoms with Crippen molar-refractivity contribution in [2.45, 2.75) is 6.54 Å². The largest absolute Gasteiger partial charge is 0.347 e. The van der Waals surface area contributed by atoms with Crippen LogP contribution in [-0.2, 0) is 6.54 Å². The quantitative estimate of drug-likeness (QED) is 0.484. The first-order valence-corrected chi connectivity index (χ1v) is 2.81. The fourth-order valence-electron chi connectivity index (χ4n) is 0.567. The summed E-state index contributed by atoms with van der Waals surface area (Å²) in [6.07, 6.45) is 3.53. The minimum Gasteiger partial charge on any atom is -0.347 e. The average molecular weight is 126 g/mol. The molecule has 0 amide bonds. The Labute approximate surface area is 53.7 Å². The van der Waals surface area contributed by atoms with Gasteiger partial charge in [0.05, 0.1) is 6.54 Å². The maximum absolute atomic E-state index is 4.00. The minimum atomic E-state index is 0.726. The first kappa shape index (κ1) is 6.25. The highest BCUT2D eigenvalue weighted by atomic mass is 15.3. The first-order valence-electron chi connectivity index (χ1n) is 2.81. The Morgan fingerprint density at radius 3 is 3.22 bits per heavy atom. The number of hydrogen-bond donors (Lipinski definition) is 3. The number of rotatable bonds is 3. The van der Waals surface area contributed by atoms with Crippen molar-refractivity contribution in [3.63, 3.8) is 0 Å². The molecule has 1 heterocycles. The molecule has 0 saturated carbocycles. The summed E-state index contributed by atoms with van der Waals surface area (Å²) in [7, 11) is 1.82. The summed E-state index contributed by atoms with van der Waals surface area (Å²) in [5.41, 5.74) is 5.70. The molecule has 0 saturated heterocycles. The van der Waals surface area contributed by atoms with Crippen LogP contribution in [0.5, 0.6) is 0 Å². The number of aromatic nitrogens is 2. The Morgan fingerprint density at radius 2 is 2.67 bits per heavy atom. The standard InChI is InChI=1S/C5H10N4/c1-6-9-4-5-7-2-3-8-5/h2-3,6,9H,4H2,1H3,(H,7,8). The van der Waals surface area contributed by atoms with Crippen molar-refractivity contribution < 1.29 is 0 Å². The highest BCUT2D eigenvalue weighted by Gasteiger charge is 1.88. The second-order valence-electron chi connectivity index (χ2n) is 1.64. The zero-order chi connectivity index (χ0) is 6.53. The van der Waals surface area contributed by atoms with Gasteiger partial charge in [0.1, 0.15) is 5.82 Å². The Kier molecular flexibility index (Phi) is 2.23. The van der Waals surface area contributed by atoms with Gasteiger partial charge >= 0.3 is 0 Å². The second-order valence-corrected chi connectivity index (χ2v) is 1.64. The molecule has 1 aromatic rings. The lowest BCUT2D eigenvalue weighted by Gasteiger charge is -1.96. The van der Waals surface area contributed by atoms with Crippen LogP contribution in [0.25, 0.3) is 0 Å². The zero-order valence-electron chi connectivity index (χ0n) is 5.31. The predicted molar refractivity (Wildman–Crippen MR) is 34.5 cm³/mol. The van der Waals surface area contributed by atoms with E-state index in [0.29, 0.717) is 0 Å². The third kappa shape index (κ3) is 1.83. The van der Waals surface area contributed by atoms with Gasteiger partial charge in [-0.25, -0.2) is 4.98 Å². The summed E-state index contributed by atoms with van der Waals surface area (Å²) in [6, 6.07) is 0. The van der Waals surface area contributed by atoms with E-state index in [-0.39, 0.29) is 0 Å². The lowest BCUT2D eigenvalue weighted by atomic mass is 10.6. The molecule has 0 aromatic carbocycles. The van der Waals surface area contributed by atoms with E-state index in [2.05, 4.69) is 20.8 Å². The van der Waals surface area contributed by atoms with Crippen LogP contribution in [-0.4, -0.2) is 17.0 Å². The van der Waals surface area contributed by atoms with Crippen LogP contribution in [0.2, 0.25) is 0 Å². The Bertz CT molecular complexity index is 146. The molecule has 0 aliphatic rings. The van der Waals surface area contributed by atoms with Gasteiger partial charge in [-0.1, -0.05) is 0 Å². The number of hydrogen-bond acceptors (Lipinski definition) is 3. The number of aromatic amines is 1. The summed E-state index contributed by atoms with van der Waals surface area (Å²) in [5.74, 6) is 0.935. The molecule has 0 radical (unpaired) electrons. The third-order valence-corrected chi connectivity index (χ3v) is 0.987. The molecule has 3 N–H and O–H groups in total. The van der Waals surface area contributed by atoms with Crippen molar-refractivity contribution in [3.05, 3.63) is 18.2 Å². The van der Waals surface area contributed by atoms with Gasteiger partial charge in [0.2, 0.25) is 0 Å². The van der Waals surface area contributed by atoms with Crippen LogP contribution in [0, 0.1) is 0 Å². The topological polar surface area (TPSA) is 52.7 Å². The molecule has 0 aliphatic carbocycles. The summed E-state index contributed by atoms with van der Waals surface area (Å²) in [5, 5.41) is 0. The fraction of sp³-hybridized carbons (Fsp3) is 0.400. The van der Waals surface area contributed by atoms with E-state index in [1.54, 1.807) is 12.4 Å². The van der Waals surface area contributed by atoms with E-state index < -0.39 is 0 Å². The number of nitrogens with zero attached hydrogens (tertiary/aromatic N) is 1. The van der Waals surface area contributed by atoms with Gasteiger partial charge in [0.25, 0.3) is 0 Å². The molecule has 0 bridgehead atoms. The number of imidazole rings is 1. The van der Waals surface area contributed by atoms with Crippen molar-refractivity contribution in [2.24, 2.45) is 0 Å².